The average molecular weight is 220 g/mol. The lowest BCUT2D eigenvalue weighted by atomic mass is 10.0. The normalized spacial score (nSPS) is 11.5. The van der Waals surface area contributed by atoms with Gasteiger partial charge in [-0.3, -0.25) is 0 Å². The van der Waals surface area contributed by atoms with E-state index in [0.29, 0.717) is 11.3 Å². The third kappa shape index (κ3) is 2.35. The molecule has 0 atom stereocenters. The van der Waals surface area contributed by atoms with E-state index in [1.165, 1.54) is 0 Å². The molecule has 0 radical (unpaired) electrons. The van der Waals surface area contributed by atoms with E-state index in [1.54, 1.807) is 0 Å². The third-order valence-corrected chi connectivity index (χ3v) is 2.53. The van der Waals surface area contributed by atoms with Crippen molar-refractivity contribution in [1.82, 2.24) is 0 Å². The number of hydrogen-bond acceptors (Lipinski definition) is 2. The highest BCUT2D eigenvalue weighted by Crippen LogP contribution is 2.21. The molecule has 0 aliphatic carbocycles. The van der Waals surface area contributed by atoms with Crippen molar-refractivity contribution in [3.8, 4) is 6.07 Å². The van der Waals surface area contributed by atoms with Crippen LogP contribution in [0, 0.1) is 11.3 Å². The highest BCUT2D eigenvalue weighted by atomic mass is 14.6. The van der Waals surface area contributed by atoms with E-state index >= 15 is 0 Å². The molecule has 2 aromatic rings. The minimum Gasteiger partial charge on any atom is -0.397 e. The van der Waals surface area contributed by atoms with Gasteiger partial charge in [-0.15, -0.1) is 0 Å². The van der Waals surface area contributed by atoms with E-state index in [-0.39, 0.29) is 0 Å². The van der Waals surface area contributed by atoms with Crippen molar-refractivity contribution in [2.45, 2.75) is 0 Å². The Kier molecular flexibility index (Phi) is 3.23. The molecule has 2 nitrogen and oxygen atoms in total. The molecule has 82 valence electrons. The van der Waals surface area contributed by atoms with Gasteiger partial charge in [0, 0.05) is 0 Å². The van der Waals surface area contributed by atoms with E-state index < -0.39 is 0 Å². The highest BCUT2D eigenvalue weighted by molar-refractivity contribution is 5.95. The third-order valence-electron chi connectivity index (χ3n) is 2.53. The van der Waals surface area contributed by atoms with Crippen LogP contribution in [-0.4, -0.2) is 0 Å². The molecular formula is C15H12N2. The van der Waals surface area contributed by atoms with Crippen molar-refractivity contribution in [3.05, 3.63) is 71.8 Å². The number of allylic oxidation sites excluding steroid dienone is 1. The summed E-state index contributed by atoms with van der Waals surface area (Å²) in [4.78, 5) is 0. The van der Waals surface area contributed by atoms with Crippen LogP contribution < -0.4 is 5.73 Å². The van der Waals surface area contributed by atoms with Gasteiger partial charge < -0.3 is 5.73 Å². The molecule has 0 aliphatic heterocycles. The highest BCUT2D eigenvalue weighted by Gasteiger charge is 2.07. The Morgan fingerprint density at radius 2 is 1.29 bits per heavy atom. The monoisotopic (exact) mass is 220 g/mol. The Morgan fingerprint density at radius 1 is 0.824 bits per heavy atom. The molecule has 0 heterocycles. The molecule has 0 saturated heterocycles. The maximum absolute atomic E-state index is 9.22. The van der Waals surface area contributed by atoms with Crippen molar-refractivity contribution in [2.75, 3.05) is 0 Å². The number of nitrogens with zero attached hydrogens (tertiary/aromatic N) is 1. The summed E-state index contributed by atoms with van der Waals surface area (Å²) in [6.45, 7) is 0. The van der Waals surface area contributed by atoms with Gasteiger partial charge in [0.2, 0.25) is 0 Å². The molecule has 0 bridgehead atoms. The minimum atomic E-state index is 0.511. The van der Waals surface area contributed by atoms with Crippen LogP contribution in [0.4, 0.5) is 0 Å². The molecule has 2 heteroatoms. The van der Waals surface area contributed by atoms with Gasteiger partial charge in [-0.05, 0) is 11.1 Å². The summed E-state index contributed by atoms with van der Waals surface area (Å²) < 4.78 is 0. The Balaban J connectivity index is 2.53. The summed E-state index contributed by atoms with van der Waals surface area (Å²) in [6, 6.07) is 21.2. The lowest BCUT2D eigenvalue weighted by molar-refractivity contribution is 1.48. The summed E-state index contributed by atoms with van der Waals surface area (Å²) in [6.07, 6.45) is 0. The van der Waals surface area contributed by atoms with Gasteiger partial charge in [0.05, 0.1) is 11.3 Å². The lowest BCUT2D eigenvalue weighted by Gasteiger charge is -2.05. The van der Waals surface area contributed by atoms with Gasteiger partial charge in [-0.1, -0.05) is 60.7 Å². The van der Waals surface area contributed by atoms with Crippen molar-refractivity contribution >= 4 is 11.3 Å². The van der Waals surface area contributed by atoms with E-state index in [1.807, 2.05) is 60.7 Å². The number of nitriles is 1. The van der Waals surface area contributed by atoms with Crippen LogP contribution in [0.1, 0.15) is 11.1 Å². The van der Waals surface area contributed by atoms with E-state index in [2.05, 4.69) is 6.07 Å². The van der Waals surface area contributed by atoms with E-state index in [0.717, 1.165) is 11.1 Å². The zero-order valence-corrected chi connectivity index (χ0v) is 9.30. The molecule has 0 unspecified atom stereocenters. The number of benzene rings is 2. The fourth-order valence-corrected chi connectivity index (χ4v) is 1.65. The SMILES string of the molecule is N#C/C(=C(/N)c1ccccc1)c1ccccc1. The van der Waals surface area contributed by atoms with Gasteiger partial charge >= 0.3 is 0 Å². The molecule has 0 spiro atoms. The molecule has 2 rings (SSSR count). The van der Waals surface area contributed by atoms with E-state index in [9.17, 15) is 5.26 Å². The second-order valence-corrected chi connectivity index (χ2v) is 3.63. The van der Waals surface area contributed by atoms with Crippen LogP contribution >= 0.6 is 0 Å². The van der Waals surface area contributed by atoms with Gasteiger partial charge in [-0.25, -0.2) is 0 Å². The van der Waals surface area contributed by atoms with Crippen LogP contribution in [0.25, 0.3) is 11.3 Å². The maximum Gasteiger partial charge on any atom is 0.102 e. The minimum absolute atomic E-state index is 0.511. The Morgan fingerprint density at radius 3 is 1.76 bits per heavy atom. The smallest absolute Gasteiger partial charge is 0.102 e. The largest absolute Gasteiger partial charge is 0.397 e. The predicted molar refractivity (Wildman–Crippen MR) is 69.5 cm³/mol. The Bertz CT molecular complexity index is 563. The molecule has 0 aromatic heterocycles. The van der Waals surface area contributed by atoms with Crippen molar-refractivity contribution < 1.29 is 0 Å². The quantitative estimate of drug-likeness (QED) is 0.624. The topological polar surface area (TPSA) is 49.8 Å². The molecule has 2 N–H and O–H groups in total. The van der Waals surface area contributed by atoms with Crippen molar-refractivity contribution in [1.29, 1.82) is 5.26 Å². The molecule has 2 aromatic carbocycles. The first kappa shape index (κ1) is 11.0. The zero-order valence-electron chi connectivity index (χ0n) is 9.30. The summed E-state index contributed by atoms with van der Waals surface area (Å²) in [5.74, 6) is 0. The Hall–Kier alpha value is -2.53. The second kappa shape index (κ2) is 5.00. The number of hydrogen-bond donors (Lipinski definition) is 1. The number of nitrogens with two attached hydrogens (primary N) is 1. The van der Waals surface area contributed by atoms with E-state index in [4.69, 9.17) is 5.73 Å². The van der Waals surface area contributed by atoms with Crippen molar-refractivity contribution in [2.24, 2.45) is 5.73 Å². The predicted octanol–water partition coefficient (Wildman–Crippen LogP) is 3.04. The summed E-state index contributed by atoms with van der Waals surface area (Å²) >= 11 is 0. The van der Waals surface area contributed by atoms with Gasteiger partial charge in [-0.2, -0.15) is 5.26 Å². The van der Waals surface area contributed by atoms with Crippen LogP contribution in [0.15, 0.2) is 60.7 Å². The lowest BCUT2D eigenvalue weighted by Crippen LogP contribution is -2.00. The molecule has 0 amide bonds. The molecular weight excluding hydrogens is 208 g/mol. The summed E-state index contributed by atoms with van der Waals surface area (Å²) in [5.41, 5.74) is 8.78. The molecule has 17 heavy (non-hydrogen) atoms. The standard InChI is InChI=1S/C15H12N2/c16-11-14(12-7-3-1-4-8-12)15(17)13-9-5-2-6-10-13/h1-10H,17H2/b15-14-. The van der Waals surface area contributed by atoms with Crippen LogP contribution in [0.2, 0.25) is 0 Å². The molecule has 0 aliphatic rings. The summed E-state index contributed by atoms with van der Waals surface area (Å²) in [5, 5.41) is 9.22. The average Bonchev–Trinajstić information content (AvgIpc) is 2.42. The van der Waals surface area contributed by atoms with Crippen LogP contribution in [0.3, 0.4) is 0 Å². The zero-order chi connectivity index (χ0) is 12.1. The molecule has 0 saturated carbocycles. The van der Waals surface area contributed by atoms with Crippen LogP contribution in [0.5, 0.6) is 0 Å². The first-order valence-electron chi connectivity index (χ1n) is 5.33. The maximum atomic E-state index is 9.22. The fourth-order valence-electron chi connectivity index (χ4n) is 1.65. The second-order valence-electron chi connectivity index (χ2n) is 3.63. The fraction of sp³-hybridized carbons (Fsp3) is 0. The van der Waals surface area contributed by atoms with Crippen LogP contribution in [-0.2, 0) is 0 Å². The first-order chi connectivity index (χ1) is 8.33. The summed E-state index contributed by atoms with van der Waals surface area (Å²) in [7, 11) is 0. The van der Waals surface area contributed by atoms with Gasteiger partial charge in [0.15, 0.2) is 0 Å². The van der Waals surface area contributed by atoms with Crippen molar-refractivity contribution in [3.63, 3.8) is 0 Å². The van der Waals surface area contributed by atoms with Gasteiger partial charge in [0.1, 0.15) is 6.07 Å². The first-order valence-corrected chi connectivity index (χ1v) is 5.33. The molecule has 0 fully saturated rings. The number of rotatable bonds is 2. The Labute approximate surface area is 101 Å². The van der Waals surface area contributed by atoms with Gasteiger partial charge in [0.25, 0.3) is 0 Å².